The SMILES string of the molecule is O=[N+]([O-])c1ccc2nc(NC(=S)NCCN3CCCCC3)sc2c1. The number of thiocarbonyl (C=S) groups is 1. The van der Waals surface area contributed by atoms with E-state index in [4.69, 9.17) is 12.2 Å². The molecule has 9 heteroatoms. The first kappa shape index (κ1) is 17.0. The lowest BCUT2D eigenvalue weighted by Gasteiger charge is -2.26. The van der Waals surface area contributed by atoms with Gasteiger partial charge in [-0.2, -0.15) is 0 Å². The molecule has 0 aliphatic carbocycles. The average molecular weight is 365 g/mol. The first-order chi connectivity index (χ1) is 11.6. The number of thiazole rings is 1. The van der Waals surface area contributed by atoms with Crippen molar-refractivity contribution in [3.8, 4) is 0 Å². The van der Waals surface area contributed by atoms with E-state index in [9.17, 15) is 10.1 Å². The monoisotopic (exact) mass is 365 g/mol. The predicted octanol–water partition coefficient (Wildman–Crippen LogP) is 2.98. The Kier molecular flexibility index (Phi) is 5.54. The summed E-state index contributed by atoms with van der Waals surface area (Å²) in [4.78, 5) is 17.3. The van der Waals surface area contributed by atoms with Gasteiger partial charge in [0.1, 0.15) is 0 Å². The molecule has 7 nitrogen and oxygen atoms in total. The third kappa shape index (κ3) is 4.37. The fourth-order valence-corrected chi connectivity index (χ4v) is 3.90. The number of likely N-dealkylation sites (tertiary alicyclic amines) is 1. The molecule has 2 aromatic rings. The van der Waals surface area contributed by atoms with Crippen LogP contribution in [0.4, 0.5) is 10.8 Å². The molecule has 1 aromatic carbocycles. The third-order valence-corrected chi connectivity index (χ3v) is 5.15. The molecule has 1 aliphatic heterocycles. The van der Waals surface area contributed by atoms with Gasteiger partial charge in [-0.15, -0.1) is 0 Å². The molecule has 0 amide bonds. The van der Waals surface area contributed by atoms with Crippen molar-refractivity contribution in [1.82, 2.24) is 15.2 Å². The molecule has 2 N–H and O–H groups in total. The summed E-state index contributed by atoms with van der Waals surface area (Å²) >= 11 is 6.65. The van der Waals surface area contributed by atoms with Crippen molar-refractivity contribution in [3.05, 3.63) is 28.3 Å². The summed E-state index contributed by atoms with van der Waals surface area (Å²) in [5.74, 6) is 0. The molecule has 0 radical (unpaired) electrons. The van der Waals surface area contributed by atoms with Crippen molar-refractivity contribution in [2.24, 2.45) is 0 Å². The molecular weight excluding hydrogens is 346 g/mol. The van der Waals surface area contributed by atoms with Crippen molar-refractivity contribution in [3.63, 3.8) is 0 Å². The van der Waals surface area contributed by atoms with Crippen LogP contribution in [0.25, 0.3) is 10.2 Å². The molecule has 1 aliphatic rings. The highest BCUT2D eigenvalue weighted by atomic mass is 32.1. The number of anilines is 1. The maximum Gasteiger partial charge on any atom is 0.270 e. The lowest BCUT2D eigenvalue weighted by molar-refractivity contribution is -0.384. The quantitative estimate of drug-likeness (QED) is 0.479. The molecule has 128 valence electrons. The zero-order valence-electron chi connectivity index (χ0n) is 13.2. The van der Waals surface area contributed by atoms with Crippen LogP contribution >= 0.6 is 23.6 Å². The molecule has 24 heavy (non-hydrogen) atoms. The van der Waals surface area contributed by atoms with Gasteiger partial charge in [-0.1, -0.05) is 17.8 Å². The lowest BCUT2D eigenvalue weighted by atomic mass is 10.1. The van der Waals surface area contributed by atoms with Crippen LogP contribution in [0.15, 0.2) is 18.2 Å². The van der Waals surface area contributed by atoms with E-state index in [1.807, 2.05) is 0 Å². The summed E-state index contributed by atoms with van der Waals surface area (Å²) in [7, 11) is 0. The summed E-state index contributed by atoms with van der Waals surface area (Å²) in [5.41, 5.74) is 0.796. The van der Waals surface area contributed by atoms with E-state index in [1.165, 1.54) is 55.8 Å². The Hall–Kier alpha value is -1.84. The maximum atomic E-state index is 10.8. The number of nitrogens with one attached hydrogen (secondary N) is 2. The van der Waals surface area contributed by atoms with Crippen LogP contribution in [0.2, 0.25) is 0 Å². The van der Waals surface area contributed by atoms with Crippen LogP contribution in [0, 0.1) is 10.1 Å². The van der Waals surface area contributed by atoms with Crippen LogP contribution < -0.4 is 10.6 Å². The maximum absolute atomic E-state index is 10.8. The Morgan fingerprint density at radius 3 is 2.92 bits per heavy atom. The normalized spacial score (nSPS) is 15.3. The Labute approximate surface area is 149 Å². The van der Waals surface area contributed by atoms with Crippen LogP contribution in [-0.2, 0) is 0 Å². The number of nitrogens with zero attached hydrogens (tertiary/aromatic N) is 3. The predicted molar refractivity (Wildman–Crippen MR) is 101 cm³/mol. The smallest absolute Gasteiger partial charge is 0.270 e. The Morgan fingerprint density at radius 2 is 2.17 bits per heavy atom. The Morgan fingerprint density at radius 1 is 1.38 bits per heavy atom. The van der Waals surface area contributed by atoms with E-state index in [1.54, 1.807) is 6.07 Å². The number of fused-ring (bicyclic) bond motifs is 1. The van der Waals surface area contributed by atoms with Gasteiger partial charge in [-0.3, -0.25) is 10.1 Å². The Balaban J connectivity index is 1.52. The van der Waals surface area contributed by atoms with E-state index in [-0.39, 0.29) is 5.69 Å². The number of hydrogen-bond acceptors (Lipinski definition) is 6. The first-order valence-corrected chi connectivity index (χ1v) is 9.16. The number of aromatic nitrogens is 1. The number of rotatable bonds is 5. The van der Waals surface area contributed by atoms with E-state index in [2.05, 4.69) is 20.5 Å². The van der Waals surface area contributed by atoms with Crippen molar-refractivity contribution in [2.75, 3.05) is 31.5 Å². The topological polar surface area (TPSA) is 83.3 Å². The second-order valence-corrected chi connectivity index (χ2v) is 7.15. The van der Waals surface area contributed by atoms with Crippen LogP contribution in [-0.4, -0.2) is 46.1 Å². The van der Waals surface area contributed by atoms with E-state index < -0.39 is 4.92 Å². The van der Waals surface area contributed by atoms with Gasteiger partial charge in [0.15, 0.2) is 10.2 Å². The standard InChI is InChI=1S/C15H19N5O2S2/c21-20(22)11-4-5-12-13(10-11)24-15(17-12)18-14(23)16-6-9-19-7-2-1-3-8-19/h4-5,10H,1-3,6-9H2,(H2,16,17,18,23). The Bertz CT molecular complexity index is 743. The van der Waals surface area contributed by atoms with Gasteiger partial charge in [-0.05, 0) is 44.2 Å². The minimum Gasteiger partial charge on any atom is -0.361 e. The summed E-state index contributed by atoms with van der Waals surface area (Å²) < 4.78 is 0.766. The van der Waals surface area contributed by atoms with Crippen molar-refractivity contribution in [1.29, 1.82) is 0 Å². The number of benzene rings is 1. The van der Waals surface area contributed by atoms with E-state index in [0.29, 0.717) is 10.2 Å². The largest absolute Gasteiger partial charge is 0.361 e. The van der Waals surface area contributed by atoms with E-state index >= 15 is 0 Å². The second kappa shape index (κ2) is 7.82. The molecule has 0 unspecified atom stereocenters. The molecule has 0 spiro atoms. The highest BCUT2D eigenvalue weighted by molar-refractivity contribution is 7.80. The number of nitro benzene ring substituents is 1. The lowest BCUT2D eigenvalue weighted by Crippen LogP contribution is -2.38. The van der Waals surface area contributed by atoms with Gasteiger partial charge >= 0.3 is 0 Å². The zero-order valence-corrected chi connectivity index (χ0v) is 14.8. The van der Waals surface area contributed by atoms with Gasteiger partial charge in [-0.25, -0.2) is 4.98 Å². The molecule has 3 rings (SSSR count). The van der Waals surface area contributed by atoms with Crippen LogP contribution in [0.1, 0.15) is 19.3 Å². The highest BCUT2D eigenvalue weighted by Gasteiger charge is 2.12. The molecule has 1 fully saturated rings. The minimum absolute atomic E-state index is 0.0694. The van der Waals surface area contributed by atoms with Gasteiger partial charge < -0.3 is 15.5 Å². The minimum atomic E-state index is -0.404. The number of nitro groups is 1. The fourth-order valence-electron chi connectivity index (χ4n) is 2.73. The van der Waals surface area contributed by atoms with Gasteiger partial charge in [0.25, 0.3) is 5.69 Å². The van der Waals surface area contributed by atoms with Gasteiger partial charge in [0.2, 0.25) is 0 Å². The van der Waals surface area contributed by atoms with Crippen molar-refractivity contribution < 1.29 is 4.92 Å². The highest BCUT2D eigenvalue weighted by Crippen LogP contribution is 2.29. The fraction of sp³-hybridized carbons (Fsp3) is 0.467. The van der Waals surface area contributed by atoms with Crippen LogP contribution in [0.5, 0.6) is 0 Å². The average Bonchev–Trinajstić information content (AvgIpc) is 2.96. The van der Waals surface area contributed by atoms with Crippen LogP contribution in [0.3, 0.4) is 0 Å². The number of non-ortho nitro benzene ring substituents is 1. The molecular formula is C15H19N5O2S2. The summed E-state index contributed by atoms with van der Waals surface area (Å²) in [6.07, 6.45) is 3.89. The van der Waals surface area contributed by atoms with Crippen molar-refractivity contribution >= 4 is 49.7 Å². The molecule has 0 saturated carbocycles. The third-order valence-electron chi connectivity index (χ3n) is 3.97. The second-order valence-electron chi connectivity index (χ2n) is 5.71. The van der Waals surface area contributed by atoms with Gasteiger partial charge in [0, 0.05) is 25.2 Å². The molecule has 0 atom stereocenters. The molecule has 2 heterocycles. The zero-order chi connectivity index (χ0) is 16.9. The number of hydrogen-bond donors (Lipinski definition) is 2. The van der Waals surface area contributed by atoms with Gasteiger partial charge in [0.05, 0.1) is 15.1 Å². The summed E-state index contributed by atoms with van der Waals surface area (Å²) in [6.45, 7) is 4.10. The summed E-state index contributed by atoms with van der Waals surface area (Å²) in [6, 6.07) is 4.65. The molecule has 1 aromatic heterocycles. The van der Waals surface area contributed by atoms with Crippen molar-refractivity contribution in [2.45, 2.75) is 19.3 Å². The number of piperidine rings is 1. The van der Waals surface area contributed by atoms with E-state index in [0.717, 1.165) is 23.3 Å². The molecule has 1 saturated heterocycles. The molecule has 0 bridgehead atoms. The summed E-state index contributed by atoms with van der Waals surface area (Å²) in [5, 5.41) is 18.2. The first-order valence-electron chi connectivity index (χ1n) is 7.94.